The maximum Gasteiger partial charge on any atom is 0.151 e. The Hall–Kier alpha value is -1.32. The largest absolute Gasteiger partial charge is 0.374 e. The Balaban J connectivity index is 2.06. The van der Waals surface area contributed by atoms with Crippen molar-refractivity contribution in [2.45, 2.75) is 31.2 Å². The van der Waals surface area contributed by atoms with E-state index in [0.717, 1.165) is 25.5 Å². The predicted molar refractivity (Wildman–Crippen MR) is 64.4 cm³/mol. The molecule has 0 unspecified atom stereocenters. The Labute approximate surface area is 99.6 Å². The number of hydrogen-bond donors (Lipinski definition) is 1. The van der Waals surface area contributed by atoms with Gasteiger partial charge in [-0.2, -0.15) is 0 Å². The summed E-state index contributed by atoms with van der Waals surface area (Å²) in [5, 5.41) is 3.31. The van der Waals surface area contributed by atoms with Crippen LogP contribution in [0.15, 0.2) is 12.1 Å². The Kier molecular flexibility index (Phi) is 2.28. The van der Waals surface area contributed by atoms with Crippen molar-refractivity contribution in [3.63, 3.8) is 0 Å². The number of likely N-dealkylation sites (N-methyl/N-ethyl adjacent to an activating group) is 1. The molecule has 92 valence electrons. The van der Waals surface area contributed by atoms with Crippen molar-refractivity contribution in [1.82, 2.24) is 0 Å². The fourth-order valence-electron chi connectivity index (χ4n) is 3.16. The van der Waals surface area contributed by atoms with Gasteiger partial charge in [-0.25, -0.2) is 8.78 Å². The second-order valence-electron chi connectivity index (χ2n) is 5.25. The first kappa shape index (κ1) is 10.8. The number of hydrogen-bond acceptors (Lipinski definition) is 2. The van der Waals surface area contributed by atoms with E-state index in [-0.39, 0.29) is 5.54 Å². The molecule has 1 spiro atoms. The molecule has 0 saturated heterocycles. The van der Waals surface area contributed by atoms with Crippen molar-refractivity contribution in [1.29, 1.82) is 0 Å². The smallest absolute Gasteiger partial charge is 0.151 e. The number of nitrogens with zero attached hydrogens (tertiary/aromatic N) is 1. The van der Waals surface area contributed by atoms with Gasteiger partial charge >= 0.3 is 0 Å². The van der Waals surface area contributed by atoms with E-state index >= 15 is 0 Å². The zero-order chi connectivity index (χ0) is 12.0. The van der Waals surface area contributed by atoms with E-state index in [1.807, 2.05) is 11.9 Å². The van der Waals surface area contributed by atoms with Gasteiger partial charge < -0.3 is 10.2 Å². The number of rotatable bonds is 0. The Bertz CT molecular complexity index is 453. The first-order valence-corrected chi connectivity index (χ1v) is 6.08. The van der Waals surface area contributed by atoms with Gasteiger partial charge in [0.15, 0.2) is 5.82 Å². The maximum atomic E-state index is 13.8. The van der Waals surface area contributed by atoms with Crippen molar-refractivity contribution in [2.24, 2.45) is 0 Å². The predicted octanol–water partition coefficient (Wildman–Crippen LogP) is 3.14. The van der Waals surface area contributed by atoms with Crippen molar-refractivity contribution in [2.75, 3.05) is 23.8 Å². The third kappa shape index (κ3) is 1.66. The highest BCUT2D eigenvalue weighted by atomic mass is 19.1. The molecule has 1 aliphatic carbocycles. The van der Waals surface area contributed by atoms with Crippen LogP contribution in [0, 0.1) is 11.6 Å². The molecule has 0 amide bonds. The molecule has 1 saturated carbocycles. The van der Waals surface area contributed by atoms with Gasteiger partial charge in [-0.3, -0.25) is 0 Å². The minimum Gasteiger partial charge on any atom is -0.374 e. The summed E-state index contributed by atoms with van der Waals surface area (Å²) >= 11 is 0. The highest BCUT2D eigenvalue weighted by Gasteiger charge is 2.39. The number of fused-ring (bicyclic) bond motifs is 1. The highest BCUT2D eigenvalue weighted by molar-refractivity contribution is 5.74. The van der Waals surface area contributed by atoms with Crippen molar-refractivity contribution in [3.8, 4) is 0 Å². The molecule has 1 fully saturated rings. The normalized spacial score (nSPS) is 21.5. The van der Waals surface area contributed by atoms with Crippen LogP contribution in [-0.2, 0) is 0 Å². The summed E-state index contributed by atoms with van der Waals surface area (Å²) < 4.78 is 27.0. The molecule has 1 aromatic rings. The van der Waals surface area contributed by atoms with Gasteiger partial charge in [-0.05, 0) is 18.9 Å². The summed E-state index contributed by atoms with van der Waals surface area (Å²) in [7, 11) is 1.90. The van der Waals surface area contributed by atoms with Gasteiger partial charge in [0.1, 0.15) is 5.82 Å². The van der Waals surface area contributed by atoms with Crippen LogP contribution in [0.1, 0.15) is 25.7 Å². The van der Waals surface area contributed by atoms with Gasteiger partial charge in [-0.15, -0.1) is 0 Å². The standard InChI is InChI=1S/C13H16F2N2/c1-17-8-13(4-2-3-5-13)16-12-10(15)6-9(14)7-11(12)17/h6-7,16H,2-5,8H2,1H3. The highest BCUT2D eigenvalue weighted by Crippen LogP contribution is 2.42. The third-order valence-electron chi connectivity index (χ3n) is 3.94. The van der Waals surface area contributed by atoms with Gasteiger partial charge in [0.05, 0.1) is 16.9 Å². The second-order valence-corrected chi connectivity index (χ2v) is 5.25. The van der Waals surface area contributed by atoms with Gasteiger partial charge in [0, 0.05) is 19.7 Å². The van der Waals surface area contributed by atoms with E-state index in [9.17, 15) is 8.78 Å². The van der Waals surface area contributed by atoms with Gasteiger partial charge in [-0.1, -0.05) is 12.8 Å². The molecule has 0 bridgehead atoms. The molecule has 0 atom stereocenters. The minimum atomic E-state index is -0.516. The van der Waals surface area contributed by atoms with E-state index in [1.165, 1.54) is 18.9 Å². The van der Waals surface area contributed by atoms with Crippen LogP contribution in [0.3, 0.4) is 0 Å². The minimum absolute atomic E-state index is 0.0135. The first-order chi connectivity index (χ1) is 8.10. The molecule has 2 aliphatic rings. The Morgan fingerprint density at radius 2 is 1.94 bits per heavy atom. The number of nitrogens with one attached hydrogen (secondary N) is 1. The Morgan fingerprint density at radius 1 is 1.24 bits per heavy atom. The number of anilines is 2. The van der Waals surface area contributed by atoms with E-state index in [4.69, 9.17) is 0 Å². The molecule has 1 heterocycles. The third-order valence-corrected chi connectivity index (χ3v) is 3.94. The van der Waals surface area contributed by atoms with Crippen molar-refractivity contribution < 1.29 is 8.78 Å². The molecule has 1 aliphatic heterocycles. The van der Waals surface area contributed by atoms with Crippen LogP contribution in [0.5, 0.6) is 0 Å². The second kappa shape index (κ2) is 3.59. The van der Waals surface area contributed by atoms with Crippen LogP contribution >= 0.6 is 0 Å². The SMILES string of the molecule is CN1CC2(CCCC2)Nc2c(F)cc(F)cc21. The molecule has 17 heavy (non-hydrogen) atoms. The number of benzene rings is 1. The fourth-order valence-corrected chi connectivity index (χ4v) is 3.16. The van der Waals surface area contributed by atoms with Crippen LogP contribution in [-0.4, -0.2) is 19.1 Å². The van der Waals surface area contributed by atoms with E-state index in [2.05, 4.69) is 5.32 Å². The van der Waals surface area contributed by atoms with Crippen LogP contribution in [0.2, 0.25) is 0 Å². The molecular weight excluding hydrogens is 222 g/mol. The lowest BCUT2D eigenvalue weighted by Gasteiger charge is -2.42. The molecule has 0 radical (unpaired) electrons. The molecular formula is C13H16F2N2. The van der Waals surface area contributed by atoms with E-state index in [0.29, 0.717) is 11.4 Å². The molecule has 3 rings (SSSR count). The summed E-state index contributed by atoms with van der Waals surface area (Å²) in [4.78, 5) is 1.96. The van der Waals surface area contributed by atoms with E-state index in [1.54, 1.807) is 0 Å². The molecule has 0 aromatic heterocycles. The number of halogens is 2. The quantitative estimate of drug-likeness (QED) is 0.747. The summed E-state index contributed by atoms with van der Waals surface area (Å²) in [6.07, 6.45) is 4.49. The van der Waals surface area contributed by atoms with Crippen LogP contribution < -0.4 is 10.2 Å². The van der Waals surface area contributed by atoms with Crippen molar-refractivity contribution in [3.05, 3.63) is 23.8 Å². The van der Waals surface area contributed by atoms with Gasteiger partial charge in [0.25, 0.3) is 0 Å². The lowest BCUT2D eigenvalue weighted by molar-refractivity contribution is 0.463. The lowest BCUT2D eigenvalue weighted by atomic mass is 9.93. The molecule has 4 heteroatoms. The van der Waals surface area contributed by atoms with Crippen LogP contribution in [0.25, 0.3) is 0 Å². The molecule has 1 N–H and O–H groups in total. The summed E-state index contributed by atoms with van der Waals surface area (Å²) in [5.74, 6) is -1.00. The molecule has 1 aromatic carbocycles. The zero-order valence-electron chi connectivity index (χ0n) is 9.89. The Morgan fingerprint density at radius 3 is 2.65 bits per heavy atom. The first-order valence-electron chi connectivity index (χ1n) is 6.08. The van der Waals surface area contributed by atoms with Crippen LogP contribution in [0.4, 0.5) is 20.2 Å². The van der Waals surface area contributed by atoms with E-state index < -0.39 is 11.6 Å². The topological polar surface area (TPSA) is 15.3 Å². The maximum absolute atomic E-state index is 13.8. The fraction of sp³-hybridized carbons (Fsp3) is 0.538. The summed E-state index contributed by atoms with van der Waals surface area (Å²) in [5.41, 5.74) is 1.07. The van der Waals surface area contributed by atoms with Crippen molar-refractivity contribution >= 4 is 11.4 Å². The lowest BCUT2D eigenvalue weighted by Crippen LogP contribution is -2.49. The summed E-state index contributed by atoms with van der Waals surface area (Å²) in [6.45, 7) is 0.822. The summed E-state index contributed by atoms with van der Waals surface area (Å²) in [6, 6.07) is 2.35. The average molecular weight is 238 g/mol. The zero-order valence-corrected chi connectivity index (χ0v) is 9.89. The molecule has 2 nitrogen and oxygen atoms in total. The average Bonchev–Trinajstić information content (AvgIpc) is 2.69. The van der Waals surface area contributed by atoms with Gasteiger partial charge in [0.2, 0.25) is 0 Å². The monoisotopic (exact) mass is 238 g/mol.